The van der Waals surface area contributed by atoms with Crippen molar-refractivity contribution in [1.82, 2.24) is 5.32 Å². The first kappa shape index (κ1) is 20.0. The molecular formula is C19H31ClN2O. The van der Waals surface area contributed by atoms with Gasteiger partial charge in [0, 0.05) is 23.5 Å². The summed E-state index contributed by atoms with van der Waals surface area (Å²) in [5, 5.41) is 3.40. The van der Waals surface area contributed by atoms with Gasteiger partial charge in [-0.1, -0.05) is 64.1 Å². The van der Waals surface area contributed by atoms with Crippen LogP contribution in [0.1, 0.15) is 40.0 Å². The van der Waals surface area contributed by atoms with E-state index in [2.05, 4.69) is 39.2 Å². The van der Waals surface area contributed by atoms with Crippen LogP contribution in [0.5, 0.6) is 0 Å². The van der Waals surface area contributed by atoms with Crippen LogP contribution in [0.25, 0.3) is 0 Å². The summed E-state index contributed by atoms with van der Waals surface area (Å²) in [6.07, 6.45) is 6.67. The Morgan fingerprint density at radius 2 is 2.09 bits per heavy atom. The number of hydrogen-bond acceptors (Lipinski definition) is 2. The summed E-state index contributed by atoms with van der Waals surface area (Å²) in [6.45, 7) is 14.4. The second-order valence-corrected chi connectivity index (χ2v) is 7.50. The van der Waals surface area contributed by atoms with Gasteiger partial charge < -0.3 is 11.1 Å². The van der Waals surface area contributed by atoms with Gasteiger partial charge in [0.15, 0.2) is 0 Å². The number of nitrogens with one attached hydrogen (secondary N) is 1. The maximum atomic E-state index is 12.7. The fraction of sp³-hybridized carbons (Fsp3) is 0.632. The first-order valence-corrected chi connectivity index (χ1v) is 8.86. The summed E-state index contributed by atoms with van der Waals surface area (Å²) in [6, 6.07) is -0.375. The Bertz CT molecular complexity index is 470. The highest BCUT2D eigenvalue weighted by molar-refractivity contribution is 6.31. The first-order chi connectivity index (χ1) is 10.8. The molecule has 0 aliphatic heterocycles. The molecule has 3 N–H and O–H groups in total. The number of nitrogens with two attached hydrogens (primary N) is 1. The highest BCUT2D eigenvalue weighted by Crippen LogP contribution is 2.38. The summed E-state index contributed by atoms with van der Waals surface area (Å²) < 4.78 is 0. The highest BCUT2D eigenvalue weighted by Gasteiger charge is 2.35. The Morgan fingerprint density at radius 1 is 1.43 bits per heavy atom. The topological polar surface area (TPSA) is 55.1 Å². The number of hydrogen-bond donors (Lipinski definition) is 2. The summed E-state index contributed by atoms with van der Waals surface area (Å²) in [5.41, 5.74) is 6.84. The lowest BCUT2D eigenvalue weighted by Gasteiger charge is -2.36. The third-order valence-electron chi connectivity index (χ3n) is 4.87. The van der Waals surface area contributed by atoms with Crippen LogP contribution in [0.3, 0.4) is 0 Å². The molecule has 1 aliphatic rings. The molecule has 0 heterocycles. The highest BCUT2D eigenvalue weighted by atomic mass is 35.5. The van der Waals surface area contributed by atoms with Gasteiger partial charge in [-0.2, -0.15) is 0 Å². The SMILES string of the molecule is C=C/C=C(\C(=C)Cl)[C@H](N)CNC(=O)[C@@H]1C[C@H](C)CC[C@H]1C(C)C. The minimum absolute atomic E-state index is 0.0805. The molecule has 1 aliphatic carbocycles. The van der Waals surface area contributed by atoms with Crippen molar-refractivity contribution in [3.8, 4) is 0 Å². The molecule has 0 saturated heterocycles. The molecule has 23 heavy (non-hydrogen) atoms. The molecule has 1 fully saturated rings. The molecule has 130 valence electrons. The van der Waals surface area contributed by atoms with E-state index in [1.165, 1.54) is 6.42 Å². The lowest BCUT2D eigenvalue weighted by atomic mass is 9.70. The van der Waals surface area contributed by atoms with Crippen LogP contribution < -0.4 is 11.1 Å². The zero-order chi connectivity index (χ0) is 17.6. The minimum Gasteiger partial charge on any atom is -0.354 e. The van der Waals surface area contributed by atoms with E-state index in [1.807, 2.05) is 0 Å². The van der Waals surface area contributed by atoms with E-state index in [-0.39, 0.29) is 17.9 Å². The zero-order valence-corrected chi connectivity index (χ0v) is 15.4. The van der Waals surface area contributed by atoms with Gasteiger partial charge in [0.05, 0.1) is 0 Å². The van der Waals surface area contributed by atoms with Crippen molar-refractivity contribution in [2.24, 2.45) is 29.4 Å². The Hall–Kier alpha value is -1.06. The molecule has 0 radical (unpaired) electrons. The van der Waals surface area contributed by atoms with E-state index >= 15 is 0 Å². The van der Waals surface area contributed by atoms with Crippen LogP contribution in [0.2, 0.25) is 0 Å². The second kappa shape index (κ2) is 9.29. The van der Waals surface area contributed by atoms with E-state index in [0.717, 1.165) is 12.8 Å². The van der Waals surface area contributed by atoms with Crippen molar-refractivity contribution in [2.75, 3.05) is 6.54 Å². The van der Waals surface area contributed by atoms with Gasteiger partial charge in [-0.25, -0.2) is 0 Å². The van der Waals surface area contributed by atoms with Gasteiger partial charge in [0.2, 0.25) is 5.91 Å². The molecule has 1 rings (SSSR count). The van der Waals surface area contributed by atoms with Crippen LogP contribution in [-0.4, -0.2) is 18.5 Å². The lowest BCUT2D eigenvalue weighted by molar-refractivity contribution is -0.129. The third kappa shape index (κ3) is 5.82. The summed E-state index contributed by atoms with van der Waals surface area (Å²) in [5.74, 6) is 1.77. The summed E-state index contributed by atoms with van der Waals surface area (Å²) in [7, 11) is 0. The van der Waals surface area contributed by atoms with Crippen LogP contribution >= 0.6 is 11.6 Å². The Kier molecular flexibility index (Phi) is 8.07. The molecule has 0 unspecified atom stereocenters. The molecule has 0 aromatic rings. The second-order valence-electron chi connectivity index (χ2n) is 7.05. The fourth-order valence-electron chi connectivity index (χ4n) is 3.50. The summed E-state index contributed by atoms with van der Waals surface area (Å²) >= 11 is 5.96. The largest absolute Gasteiger partial charge is 0.354 e. The molecule has 4 heteroatoms. The molecule has 4 atom stereocenters. The van der Waals surface area contributed by atoms with Gasteiger partial charge >= 0.3 is 0 Å². The normalized spacial score (nSPS) is 26.7. The number of halogens is 1. The fourth-order valence-corrected chi connectivity index (χ4v) is 3.70. The van der Waals surface area contributed by atoms with Crippen molar-refractivity contribution in [3.63, 3.8) is 0 Å². The van der Waals surface area contributed by atoms with E-state index in [1.54, 1.807) is 12.2 Å². The summed E-state index contributed by atoms with van der Waals surface area (Å²) in [4.78, 5) is 12.7. The van der Waals surface area contributed by atoms with Crippen LogP contribution in [0.15, 0.2) is 35.9 Å². The number of amides is 1. The third-order valence-corrected chi connectivity index (χ3v) is 5.08. The van der Waals surface area contributed by atoms with Crippen molar-refractivity contribution in [1.29, 1.82) is 0 Å². The minimum atomic E-state index is -0.375. The van der Waals surface area contributed by atoms with E-state index in [9.17, 15) is 4.79 Å². The van der Waals surface area contributed by atoms with Gasteiger partial charge in [-0.15, -0.1) is 0 Å². The average molecular weight is 339 g/mol. The molecular weight excluding hydrogens is 308 g/mol. The molecule has 0 aromatic heterocycles. The Labute approximate surface area is 146 Å². The maximum Gasteiger partial charge on any atom is 0.223 e. The maximum absolute atomic E-state index is 12.7. The smallest absolute Gasteiger partial charge is 0.223 e. The van der Waals surface area contributed by atoms with E-state index in [0.29, 0.717) is 34.9 Å². The van der Waals surface area contributed by atoms with Crippen molar-refractivity contribution in [3.05, 3.63) is 35.9 Å². The van der Waals surface area contributed by atoms with Crippen molar-refractivity contribution in [2.45, 2.75) is 46.1 Å². The monoisotopic (exact) mass is 338 g/mol. The van der Waals surface area contributed by atoms with Gasteiger partial charge in [0.25, 0.3) is 0 Å². The van der Waals surface area contributed by atoms with Crippen LogP contribution in [0.4, 0.5) is 0 Å². The predicted octanol–water partition coefficient (Wildman–Crippen LogP) is 4.00. The molecule has 0 bridgehead atoms. The molecule has 3 nitrogen and oxygen atoms in total. The van der Waals surface area contributed by atoms with Gasteiger partial charge in [0.1, 0.15) is 0 Å². The van der Waals surface area contributed by atoms with Crippen molar-refractivity contribution < 1.29 is 4.79 Å². The number of allylic oxidation sites excluding steroid dienone is 2. The van der Waals surface area contributed by atoms with Gasteiger partial charge in [-0.05, 0) is 36.2 Å². The van der Waals surface area contributed by atoms with Crippen molar-refractivity contribution >= 4 is 17.5 Å². The molecule has 0 spiro atoms. The molecule has 0 aromatic carbocycles. The standard InChI is InChI=1S/C19H31ClN2O/c1-6-7-16(14(5)20)18(21)11-22-19(23)17-10-13(4)8-9-15(17)12(2)3/h6-7,12-13,15,17-18H,1,5,8-11,21H2,2-4H3,(H,22,23)/b16-7+/t13-,15+,17-,18-/m1/s1. The number of rotatable bonds is 7. The quantitative estimate of drug-likeness (QED) is 0.689. The van der Waals surface area contributed by atoms with Gasteiger partial charge in [-0.3, -0.25) is 4.79 Å². The predicted molar refractivity (Wildman–Crippen MR) is 99.1 cm³/mol. The van der Waals surface area contributed by atoms with Crippen LogP contribution in [0, 0.1) is 23.7 Å². The average Bonchev–Trinajstić information content (AvgIpc) is 2.49. The first-order valence-electron chi connectivity index (χ1n) is 8.48. The Balaban J connectivity index is 2.68. The van der Waals surface area contributed by atoms with E-state index in [4.69, 9.17) is 17.3 Å². The number of carbonyl (C=O) groups excluding carboxylic acids is 1. The lowest BCUT2D eigenvalue weighted by Crippen LogP contribution is -2.45. The molecule has 1 amide bonds. The van der Waals surface area contributed by atoms with Crippen LogP contribution in [-0.2, 0) is 4.79 Å². The molecule has 1 saturated carbocycles. The Morgan fingerprint density at radius 3 is 2.61 bits per heavy atom. The number of carbonyl (C=O) groups is 1. The van der Waals surface area contributed by atoms with E-state index < -0.39 is 0 Å². The zero-order valence-electron chi connectivity index (χ0n) is 14.6.